The minimum absolute atomic E-state index is 0.132. The van der Waals surface area contributed by atoms with Crippen LogP contribution in [0.2, 0.25) is 0 Å². The summed E-state index contributed by atoms with van der Waals surface area (Å²) in [5.74, 6) is -19.1. The Bertz CT molecular complexity index is 1750. The van der Waals surface area contributed by atoms with E-state index in [1.54, 1.807) is 12.1 Å². The molecule has 0 atom stereocenters. The van der Waals surface area contributed by atoms with Crippen molar-refractivity contribution in [3.63, 3.8) is 0 Å². The molecule has 0 aliphatic heterocycles. The van der Waals surface area contributed by atoms with Gasteiger partial charge in [0.1, 0.15) is 22.6 Å². The number of rotatable bonds is 4. The van der Waals surface area contributed by atoms with E-state index in [-0.39, 0.29) is 23.6 Å². The molecular formula is C28H10F8O4. The summed E-state index contributed by atoms with van der Waals surface area (Å²) in [6.45, 7) is 0. The van der Waals surface area contributed by atoms with Crippen molar-refractivity contribution >= 4 is 33.5 Å². The van der Waals surface area contributed by atoms with Gasteiger partial charge in [-0.15, -0.1) is 0 Å². The molecule has 0 aliphatic carbocycles. The first-order valence-corrected chi connectivity index (χ1v) is 11.0. The average molecular weight is 562 g/mol. The maximum absolute atomic E-state index is 13.9. The molecule has 0 bridgehead atoms. The second-order valence-corrected chi connectivity index (χ2v) is 8.31. The second kappa shape index (κ2) is 9.95. The van der Waals surface area contributed by atoms with Crippen molar-refractivity contribution < 1.29 is 54.2 Å². The number of hydrogen-bond acceptors (Lipinski definition) is 4. The molecule has 0 aromatic heterocycles. The molecule has 202 valence electrons. The SMILES string of the molecule is O=C(Oc1ccc2c(ccc3cc(OC(=O)c4cc(F)c(F)c(F)c4F)ccc32)c1)c1cc(F)c(F)c(F)c1F. The van der Waals surface area contributed by atoms with E-state index in [9.17, 15) is 44.7 Å². The first kappa shape index (κ1) is 26.6. The summed E-state index contributed by atoms with van der Waals surface area (Å²) in [6.07, 6.45) is 0. The Morgan fingerprint density at radius 2 is 0.825 bits per heavy atom. The largest absolute Gasteiger partial charge is 0.423 e. The fourth-order valence-electron chi connectivity index (χ4n) is 3.92. The molecule has 0 saturated heterocycles. The fourth-order valence-corrected chi connectivity index (χ4v) is 3.92. The van der Waals surface area contributed by atoms with E-state index in [2.05, 4.69) is 0 Å². The van der Waals surface area contributed by atoms with Gasteiger partial charge in [0, 0.05) is 0 Å². The highest BCUT2D eigenvalue weighted by Gasteiger charge is 2.26. The highest BCUT2D eigenvalue weighted by atomic mass is 19.2. The Kier molecular flexibility index (Phi) is 6.62. The van der Waals surface area contributed by atoms with Crippen LogP contribution >= 0.6 is 0 Å². The molecule has 0 aliphatic rings. The quantitative estimate of drug-likeness (QED) is 0.0567. The normalized spacial score (nSPS) is 11.2. The molecular weight excluding hydrogens is 552 g/mol. The van der Waals surface area contributed by atoms with Gasteiger partial charge in [-0.1, -0.05) is 24.3 Å². The van der Waals surface area contributed by atoms with Crippen molar-refractivity contribution in [2.24, 2.45) is 0 Å². The number of ether oxygens (including phenoxy) is 2. The monoisotopic (exact) mass is 562 g/mol. The Labute approximate surface area is 218 Å². The standard InChI is InChI=1S/C28H10F8O4/c29-19-9-17(21(31)25(35)23(19)33)27(37)39-13-3-5-15-11(7-13)1-2-12-8-14(4-6-16(12)15)40-28(38)18-10-20(30)24(34)26(36)22(18)32/h1-10H. The van der Waals surface area contributed by atoms with Crippen molar-refractivity contribution in [1.82, 2.24) is 0 Å². The number of carbonyl (C=O) groups excluding carboxylic acids is 2. The number of halogens is 8. The lowest BCUT2D eigenvalue weighted by Crippen LogP contribution is -2.14. The van der Waals surface area contributed by atoms with Crippen LogP contribution in [-0.2, 0) is 0 Å². The highest BCUT2D eigenvalue weighted by Crippen LogP contribution is 2.32. The van der Waals surface area contributed by atoms with E-state index in [0.29, 0.717) is 21.5 Å². The lowest BCUT2D eigenvalue weighted by Gasteiger charge is -2.10. The van der Waals surface area contributed by atoms with Crippen molar-refractivity contribution in [3.8, 4) is 11.5 Å². The zero-order valence-electron chi connectivity index (χ0n) is 19.4. The summed E-state index contributed by atoms with van der Waals surface area (Å²) in [7, 11) is 0. The molecule has 0 spiro atoms. The molecule has 5 aromatic rings. The number of esters is 2. The molecule has 5 rings (SSSR count). The molecule has 12 heteroatoms. The van der Waals surface area contributed by atoms with E-state index in [4.69, 9.17) is 9.47 Å². The number of benzene rings is 5. The third-order valence-electron chi connectivity index (χ3n) is 5.84. The lowest BCUT2D eigenvalue weighted by atomic mass is 10.0. The van der Waals surface area contributed by atoms with Crippen LogP contribution in [0.3, 0.4) is 0 Å². The van der Waals surface area contributed by atoms with Gasteiger partial charge in [-0.25, -0.2) is 44.7 Å². The number of fused-ring (bicyclic) bond motifs is 3. The third-order valence-corrected chi connectivity index (χ3v) is 5.84. The van der Waals surface area contributed by atoms with Gasteiger partial charge < -0.3 is 9.47 Å². The van der Waals surface area contributed by atoms with E-state index >= 15 is 0 Å². The Balaban J connectivity index is 1.41. The molecule has 4 nitrogen and oxygen atoms in total. The third kappa shape index (κ3) is 4.57. The van der Waals surface area contributed by atoms with Gasteiger partial charge in [0.05, 0.1) is 0 Å². The number of hydrogen-bond donors (Lipinski definition) is 0. The van der Waals surface area contributed by atoms with Gasteiger partial charge in [0.25, 0.3) is 0 Å². The van der Waals surface area contributed by atoms with E-state index < -0.39 is 69.6 Å². The van der Waals surface area contributed by atoms with E-state index in [1.807, 2.05) is 0 Å². The van der Waals surface area contributed by atoms with Gasteiger partial charge >= 0.3 is 11.9 Å². The zero-order chi connectivity index (χ0) is 28.9. The Morgan fingerprint density at radius 3 is 1.20 bits per heavy atom. The maximum Gasteiger partial charge on any atom is 0.346 e. The summed E-state index contributed by atoms with van der Waals surface area (Å²) in [6, 6.07) is 11.7. The first-order valence-electron chi connectivity index (χ1n) is 11.0. The maximum atomic E-state index is 13.9. The van der Waals surface area contributed by atoms with Gasteiger partial charge in [-0.3, -0.25) is 0 Å². The van der Waals surface area contributed by atoms with Crippen molar-refractivity contribution in [2.45, 2.75) is 0 Å². The predicted octanol–water partition coefficient (Wildman–Crippen LogP) is 7.54. The summed E-state index contributed by atoms with van der Waals surface area (Å²) >= 11 is 0. The minimum Gasteiger partial charge on any atom is -0.423 e. The summed E-state index contributed by atoms with van der Waals surface area (Å²) < 4.78 is 118. The topological polar surface area (TPSA) is 52.6 Å². The van der Waals surface area contributed by atoms with Gasteiger partial charge in [-0.05, 0) is 57.9 Å². The van der Waals surface area contributed by atoms with Crippen molar-refractivity contribution in [1.29, 1.82) is 0 Å². The summed E-state index contributed by atoms with van der Waals surface area (Å²) in [5.41, 5.74) is -2.30. The molecule has 40 heavy (non-hydrogen) atoms. The Morgan fingerprint density at radius 1 is 0.450 bits per heavy atom. The molecule has 0 fully saturated rings. The Hall–Kier alpha value is -5.00. The molecule has 0 N–H and O–H groups in total. The molecule has 0 amide bonds. The second-order valence-electron chi connectivity index (χ2n) is 8.31. The van der Waals surface area contributed by atoms with E-state index in [0.717, 1.165) is 0 Å². The number of carbonyl (C=O) groups is 2. The van der Waals surface area contributed by atoms with Crippen LogP contribution in [-0.4, -0.2) is 11.9 Å². The smallest absolute Gasteiger partial charge is 0.346 e. The van der Waals surface area contributed by atoms with Crippen LogP contribution in [0.15, 0.2) is 60.7 Å². The predicted molar refractivity (Wildman–Crippen MR) is 124 cm³/mol. The minimum atomic E-state index is -2.16. The van der Waals surface area contributed by atoms with Gasteiger partial charge in [0.2, 0.25) is 0 Å². The first-order chi connectivity index (χ1) is 19.0. The van der Waals surface area contributed by atoms with Crippen molar-refractivity contribution in [2.75, 3.05) is 0 Å². The van der Waals surface area contributed by atoms with Gasteiger partial charge in [0.15, 0.2) is 46.5 Å². The summed E-state index contributed by atoms with van der Waals surface area (Å²) in [4.78, 5) is 24.5. The van der Waals surface area contributed by atoms with Crippen LogP contribution in [0.25, 0.3) is 21.5 Å². The molecule has 5 aromatic carbocycles. The molecule has 0 heterocycles. The molecule has 0 radical (unpaired) electrons. The van der Waals surface area contributed by atoms with E-state index in [1.165, 1.54) is 36.4 Å². The van der Waals surface area contributed by atoms with Crippen LogP contribution in [0, 0.1) is 46.5 Å². The van der Waals surface area contributed by atoms with Crippen LogP contribution in [0.4, 0.5) is 35.1 Å². The molecule has 0 unspecified atom stereocenters. The zero-order valence-corrected chi connectivity index (χ0v) is 19.4. The average Bonchev–Trinajstić information content (AvgIpc) is 2.94. The fraction of sp³-hybridized carbons (Fsp3) is 0. The van der Waals surface area contributed by atoms with Gasteiger partial charge in [-0.2, -0.15) is 0 Å². The van der Waals surface area contributed by atoms with Crippen LogP contribution in [0.5, 0.6) is 11.5 Å². The lowest BCUT2D eigenvalue weighted by molar-refractivity contribution is 0.0718. The molecule has 0 saturated carbocycles. The highest BCUT2D eigenvalue weighted by molar-refractivity contribution is 6.08. The summed E-state index contributed by atoms with van der Waals surface area (Å²) in [5, 5.41) is 2.13. The van der Waals surface area contributed by atoms with Crippen LogP contribution < -0.4 is 9.47 Å². The van der Waals surface area contributed by atoms with Crippen molar-refractivity contribution in [3.05, 3.63) is 118 Å². The van der Waals surface area contributed by atoms with Crippen LogP contribution in [0.1, 0.15) is 20.7 Å².